The monoisotopic (exact) mass is 389 g/mol. The third kappa shape index (κ3) is 4.28. The molecule has 8 nitrogen and oxygen atoms in total. The normalized spacial score (nSPS) is 11.0. The van der Waals surface area contributed by atoms with Crippen LogP contribution in [0, 0.1) is 0 Å². The summed E-state index contributed by atoms with van der Waals surface area (Å²) in [4.78, 5) is 12.8. The zero-order chi connectivity index (χ0) is 20.7. The first-order chi connectivity index (χ1) is 13.5. The number of methoxy groups -OCH3 is 5. The fourth-order valence-electron chi connectivity index (χ4n) is 2.74. The van der Waals surface area contributed by atoms with Crippen molar-refractivity contribution < 1.29 is 33.7 Å². The van der Waals surface area contributed by atoms with Crippen molar-refractivity contribution in [3.63, 3.8) is 0 Å². The Morgan fingerprint density at radius 3 is 1.86 bits per heavy atom. The van der Waals surface area contributed by atoms with Gasteiger partial charge >= 0.3 is 0 Å². The molecule has 2 rings (SSSR count). The van der Waals surface area contributed by atoms with Crippen LogP contribution in [0.5, 0.6) is 28.7 Å². The van der Waals surface area contributed by atoms with Gasteiger partial charge in [-0.05, 0) is 35.9 Å². The molecule has 28 heavy (non-hydrogen) atoms. The number of ether oxygens (including phenoxy) is 5. The molecule has 0 radical (unpaired) electrons. The van der Waals surface area contributed by atoms with Crippen LogP contribution < -0.4 is 23.7 Å². The van der Waals surface area contributed by atoms with Crippen LogP contribution in [0.2, 0.25) is 0 Å². The third-order valence-corrected chi connectivity index (χ3v) is 4.12. The highest BCUT2D eigenvalue weighted by Gasteiger charge is 2.20. The first kappa shape index (κ1) is 20.9. The number of benzene rings is 2. The Hall–Kier alpha value is -3.42. The van der Waals surface area contributed by atoms with Crippen molar-refractivity contribution in [3.8, 4) is 28.7 Å². The van der Waals surface area contributed by atoms with E-state index in [1.165, 1.54) is 41.6 Å². The summed E-state index contributed by atoms with van der Waals surface area (Å²) in [7, 11) is 7.47. The van der Waals surface area contributed by atoms with E-state index in [9.17, 15) is 10.0 Å². The molecule has 0 aromatic heterocycles. The van der Waals surface area contributed by atoms with E-state index < -0.39 is 5.78 Å². The summed E-state index contributed by atoms with van der Waals surface area (Å²) in [5.74, 6) is 1.75. The molecule has 2 aromatic rings. The fraction of sp³-hybridized carbons (Fsp3) is 0.300. The lowest BCUT2D eigenvalue weighted by Crippen LogP contribution is -2.17. The zero-order valence-corrected chi connectivity index (χ0v) is 16.4. The highest BCUT2D eigenvalue weighted by molar-refractivity contribution is 6.46. The quantitative estimate of drug-likeness (QED) is 0.305. The van der Waals surface area contributed by atoms with Gasteiger partial charge in [0.25, 0.3) is 0 Å². The van der Waals surface area contributed by atoms with E-state index >= 15 is 0 Å². The molecule has 0 saturated heterocycles. The number of hydrogen-bond donors (Lipinski definition) is 1. The number of carbonyl (C=O) groups excluding carboxylic acids is 1. The second-order valence-electron chi connectivity index (χ2n) is 5.66. The highest BCUT2D eigenvalue weighted by Crippen LogP contribution is 2.38. The standard InChI is InChI=1S/C20H23NO7/c1-24-15-7-6-13(11-16(15)25-2)19(22)14(21-23)8-12-9-17(26-3)20(28-5)18(10-12)27-4/h6-7,9-11,23H,8H2,1-5H3. The lowest BCUT2D eigenvalue weighted by atomic mass is 9.99. The van der Waals surface area contributed by atoms with Crippen molar-refractivity contribution in [2.45, 2.75) is 6.42 Å². The number of hydrogen-bond acceptors (Lipinski definition) is 8. The largest absolute Gasteiger partial charge is 0.493 e. The van der Waals surface area contributed by atoms with E-state index in [1.807, 2.05) is 0 Å². The molecule has 150 valence electrons. The Bertz CT molecular complexity index is 852. The van der Waals surface area contributed by atoms with Gasteiger partial charge < -0.3 is 28.9 Å². The molecule has 0 aliphatic rings. The van der Waals surface area contributed by atoms with Crippen LogP contribution >= 0.6 is 0 Å². The molecule has 0 bridgehead atoms. The first-order valence-electron chi connectivity index (χ1n) is 8.29. The maximum absolute atomic E-state index is 12.8. The predicted octanol–water partition coefficient (Wildman–Crippen LogP) is 2.99. The molecular weight excluding hydrogens is 366 g/mol. The molecule has 1 N–H and O–H groups in total. The Balaban J connectivity index is 2.36. The smallest absolute Gasteiger partial charge is 0.211 e. The van der Waals surface area contributed by atoms with Gasteiger partial charge in [-0.25, -0.2) is 0 Å². The number of ketones is 1. The van der Waals surface area contributed by atoms with Crippen LogP contribution in [0.15, 0.2) is 35.5 Å². The van der Waals surface area contributed by atoms with Gasteiger partial charge in [0.15, 0.2) is 23.0 Å². The second-order valence-corrected chi connectivity index (χ2v) is 5.66. The summed E-state index contributed by atoms with van der Waals surface area (Å²) < 4.78 is 26.3. The van der Waals surface area contributed by atoms with Gasteiger partial charge in [-0.2, -0.15) is 0 Å². The van der Waals surface area contributed by atoms with E-state index in [1.54, 1.807) is 24.3 Å². The van der Waals surface area contributed by atoms with Crippen molar-refractivity contribution in [2.75, 3.05) is 35.5 Å². The summed E-state index contributed by atoms with van der Waals surface area (Å²) >= 11 is 0. The Labute approximate surface area is 163 Å². The van der Waals surface area contributed by atoms with E-state index in [0.717, 1.165) is 0 Å². The average Bonchev–Trinajstić information content (AvgIpc) is 2.75. The topological polar surface area (TPSA) is 95.8 Å². The van der Waals surface area contributed by atoms with Gasteiger partial charge in [0, 0.05) is 12.0 Å². The first-order valence-corrected chi connectivity index (χ1v) is 8.29. The molecule has 0 aliphatic carbocycles. The molecular formula is C20H23NO7. The lowest BCUT2D eigenvalue weighted by molar-refractivity contribution is 0.105. The molecule has 2 aromatic carbocycles. The van der Waals surface area contributed by atoms with Gasteiger partial charge in [0.2, 0.25) is 11.5 Å². The second kappa shape index (κ2) is 9.50. The molecule has 0 spiro atoms. The van der Waals surface area contributed by atoms with Gasteiger partial charge in [0.05, 0.1) is 35.5 Å². The molecule has 0 unspecified atom stereocenters. The van der Waals surface area contributed by atoms with Crippen molar-refractivity contribution in [1.29, 1.82) is 0 Å². The van der Waals surface area contributed by atoms with Crippen LogP contribution in [0.3, 0.4) is 0 Å². The Kier molecular flexibility index (Phi) is 7.08. The number of oxime groups is 1. The Morgan fingerprint density at radius 2 is 1.39 bits per heavy atom. The van der Waals surface area contributed by atoms with Crippen LogP contribution in [-0.4, -0.2) is 52.3 Å². The minimum Gasteiger partial charge on any atom is -0.493 e. The summed E-state index contributed by atoms with van der Waals surface area (Å²) in [6, 6.07) is 8.09. The molecule has 0 fully saturated rings. The SMILES string of the molecule is COc1ccc(C(=O)C(Cc2cc(OC)c(OC)c(OC)c2)=NO)cc1OC. The molecule has 0 heterocycles. The zero-order valence-electron chi connectivity index (χ0n) is 16.4. The third-order valence-electron chi connectivity index (χ3n) is 4.12. The molecule has 0 aliphatic heterocycles. The van der Waals surface area contributed by atoms with Gasteiger partial charge in [-0.1, -0.05) is 5.16 Å². The van der Waals surface area contributed by atoms with E-state index in [2.05, 4.69) is 5.16 Å². The lowest BCUT2D eigenvalue weighted by Gasteiger charge is -2.14. The number of Topliss-reactive ketones (excluding diaryl/α,β-unsaturated/α-hetero) is 1. The van der Waals surface area contributed by atoms with Gasteiger partial charge in [0.1, 0.15) is 5.71 Å². The fourth-order valence-corrected chi connectivity index (χ4v) is 2.74. The summed E-state index contributed by atoms with van der Waals surface area (Å²) in [6.45, 7) is 0. The van der Waals surface area contributed by atoms with Crippen molar-refractivity contribution in [1.82, 2.24) is 0 Å². The van der Waals surface area contributed by atoms with Crippen LogP contribution in [0.1, 0.15) is 15.9 Å². The van der Waals surface area contributed by atoms with E-state index in [4.69, 9.17) is 23.7 Å². The average molecular weight is 389 g/mol. The maximum Gasteiger partial charge on any atom is 0.211 e. The summed E-state index contributed by atoms with van der Waals surface area (Å²) in [5.41, 5.74) is 0.899. The highest BCUT2D eigenvalue weighted by atomic mass is 16.5. The summed E-state index contributed by atoms with van der Waals surface area (Å²) in [5, 5.41) is 12.6. The Morgan fingerprint density at radius 1 is 0.821 bits per heavy atom. The van der Waals surface area contributed by atoms with Gasteiger partial charge in [-0.15, -0.1) is 0 Å². The van der Waals surface area contributed by atoms with Crippen molar-refractivity contribution >= 4 is 11.5 Å². The maximum atomic E-state index is 12.8. The minimum atomic E-state index is -0.447. The summed E-state index contributed by atoms with van der Waals surface area (Å²) in [6.07, 6.45) is 0.0559. The van der Waals surface area contributed by atoms with Crippen molar-refractivity contribution in [2.24, 2.45) is 5.16 Å². The molecule has 8 heteroatoms. The predicted molar refractivity (Wildman–Crippen MR) is 103 cm³/mol. The van der Waals surface area contributed by atoms with E-state index in [-0.39, 0.29) is 12.1 Å². The van der Waals surface area contributed by atoms with Crippen LogP contribution in [0.4, 0.5) is 0 Å². The number of rotatable bonds is 9. The molecule has 0 amide bonds. The number of carbonyl (C=O) groups is 1. The van der Waals surface area contributed by atoms with Crippen molar-refractivity contribution in [3.05, 3.63) is 41.5 Å². The van der Waals surface area contributed by atoms with Gasteiger partial charge in [-0.3, -0.25) is 4.79 Å². The van der Waals surface area contributed by atoms with Crippen LogP contribution in [0.25, 0.3) is 0 Å². The number of nitrogens with zero attached hydrogens (tertiary/aromatic N) is 1. The molecule has 0 saturated carbocycles. The molecule has 0 atom stereocenters. The van der Waals surface area contributed by atoms with Crippen LogP contribution in [-0.2, 0) is 6.42 Å². The van der Waals surface area contributed by atoms with E-state index in [0.29, 0.717) is 39.9 Å². The minimum absolute atomic E-state index is 0.0542.